The first kappa shape index (κ1) is 22.7. The highest BCUT2D eigenvalue weighted by molar-refractivity contribution is 9.10. The highest BCUT2D eigenvalue weighted by atomic mass is 79.9. The summed E-state index contributed by atoms with van der Waals surface area (Å²) in [6, 6.07) is 5.24. The van der Waals surface area contributed by atoms with Gasteiger partial charge >= 0.3 is 0 Å². The van der Waals surface area contributed by atoms with Crippen LogP contribution in [0.5, 0.6) is 0 Å². The predicted molar refractivity (Wildman–Crippen MR) is 95.9 cm³/mol. The van der Waals surface area contributed by atoms with Gasteiger partial charge in [-0.3, -0.25) is 4.79 Å². The van der Waals surface area contributed by atoms with Crippen LogP contribution < -0.4 is 16.4 Å². The monoisotopic (exact) mass is 401 g/mol. The Kier molecular flexibility index (Phi) is 12.0. The molecule has 0 spiro atoms. The first-order chi connectivity index (χ1) is 8.93. The Morgan fingerprint density at radius 2 is 1.95 bits per heavy atom. The number of anilines is 2. The fraction of sp³-hybridized carbons (Fsp3) is 0.462. The third-order valence-electron chi connectivity index (χ3n) is 2.37. The molecule has 0 bridgehead atoms. The van der Waals surface area contributed by atoms with Crippen LogP contribution in [0.15, 0.2) is 22.7 Å². The van der Waals surface area contributed by atoms with Crippen molar-refractivity contribution in [3.8, 4) is 0 Å². The Morgan fingerprint density at radius 1 is 1.33 bits per heavy atom. The van der Waals surface area contributed by atoms with Crippen LogP contribution in [0.1, 0.15) is 13.8 Å². The summed E-state index contributed by atoms with van der Waals surface area (Å²) in [6.07, 6.45) is 0. The predicted octanol–water partition coefficient (Wildman–Crippen LogP) is 3.03. The van der Waals surface area contributed by atoms with Crippen molar-refractivity contribution in [2.24, 2.45) is 5.73 Å². The number of rotatable bonds is 6. The highest BCUT2D eigenvalue weighted by Crippen LogP contribution is 2.26. The number of halogens is 3. The summed E-state index contributed by atoms with van der Waals surface area (Å²) in [4.78, 5) is 11.9. The smallest absolute Gasteiger partial charge is 0.243 e. The van der Waals surface area contributed by atoms with Crippen LogP contribution >= 0.6 is 40.7 Å². The molecule has 122 valence electrons. The maximum absolute atomic E-state index is 11.9. The van der Waals surface area contributed by atoms with E-state index in [0.717, 1.165) is 10.2 Å². The molecule has 1 unspecified atom stereocenters. The summed E-state index contributed by atoms with van der Waals surface area (Å²) in [5, 5.41) is 6.07. The lowest BCUT2D eigenvalue weighted by molar-refractivity contribution is -0.118. The van der Waals surface area contributed by atoms with Gasteiger partial charge in [0.15, 0.2) is 0 Å². The zero-order chi connectivity index (χ0) is 14.4. The summed E-state index contributed by atoms with van der Waals surface area (Å²) >= 11 is 3.39. The molecule has 1 atom stereocenters. The number of carbonyl (C=O) groups is 1. The van der Waals surface area contributed by atoms with E-state index in [1.807, 2.05) is 32.0 Å². The molecule has 0 radical (unpaired) electrons. The zero-order valence-electron chi connectivity index (χ0n) is 12.2. The largest absolute Gasteiger partial charge is 0.383 e. The van der Waals surface area contributed by atoms with Crippen LogP contribution in [-0.2, 0) is 9.53 Å². The van der Waals surface area contributed by atoms with E-state index in [1.165, 1.54) is 7.11 Å². The molecule has 0 saturated heterocycles. The molecule has 0 aromatic heterocycles. The number of benzene rings is 1. The number of nitrogens with two attached hydrogens (primary N) is 1. The van der Waals surface area contributed by atoms with Gasteiger partial charge in [-0.25, -0.2) is 0 Å². The molecule has 0 aliphatic heterocycles. The quantitative estimate of drug-likeness (QED) is 0.683. The fourth-order valence-electron chi connectivity index (χ4n) is 1.54. The van der Waals surface area contributed by atoms with Gasteiger partial charge in [0.1, 0.15) is 6.04 Å². The van der Waals surface area contributed by atoms with E-state index in [-0.39, 0.29) is 43.4 Å². The van der Waals surface area contributed by atoms with Crippen LogP contribution in [0, 0.1) is 0 Å². The molecule has 8 heteroatoms. The van der Waals surface area contributed by atoms with Gasteiger partial charge < -0.3 is 21.1 Å². The normalized spacial score (nSPS) is 11.1. The minimum absolute atomic E-state index is 0. The van der Waals surface area contributed by atoms with Gasteiger partial charge in [-0.1, -0.05) is 15.9 Å². The number of amides is 1. The summed E-state index contributed by atoms with van der Waals surface area (Å²) in [5.41, 5.74) is 7.25. The van der Waals surface area contributed by atoms with Gasteiger partial charge in [0.25, 0.3) is 0 Å². The highest BCUT2D eigenvalue weighted by Gasteiger charge is 2.15. The molecular weight excluding hydrogens is 381 g/mol. The molecule has 1 amide bonds. The van der Waals surface area contributed by atoms with Crippen molar-refractivity contribution in [3.05, 3.63) is 22.7 Å². The maximum Gasteiger partial charge on any atom is 0.243 e. The third kappa shape index (κ3) is 7.87. The lowest BCUT2D eigenvalue weighted by atomic mass is 10.2. The Labute approximate surface area is 146 Å². The molecule has 1 aromatic rings. The van der Waals surface area contributed by atoms with Gasteiger partial charge in [-0.05, 0) is 32.0 Å². The number of hydrogen-bond acceptors (Lipinski definition) is 4. The third-order valence-corrected chi connectivity index (χ3v) is 2.86. The Hall–Kier alpha value is -0.530. The second-order valence-electron chi connectivity index (χ2n) is 4.54. The lowest BCUT2D eigenvalue weighted by Crippen LogP contribution is -2.39. The van der Waals surface area contributed by atoms with Crippen molar-refractivity contribution in [1.29, 1.82) is 0 Å². The molecule has 0 fully saturated rings. The van der Waals surface area contributed by atoms with Gasteiger partial charge in [-0.15, -0.1) is 24.8 Å². The van der Waals surface area contributed by atoms with Crippen molar-refractivity contribution in [2.75, 3.05) is 24.4 Å². The van der Waals surface area contributed by atoms with Gasteiger partial charge in [0.2, 0.25) is 5.91 Å². The van der Waals surface area contributed by atoms with E-state index in [9.17, 15) is 4.79 Å². The topological polar surface area (TPSA) is 76.4 Å². The van der Waals surface area contributed by atoms with Crippen molar-refractivity contribution >= 4 is 58.0 Å². The number of carbonyl (C=O) groups excluding carboxylic acids is 1. The number of methoxy groups -OCH3 is 1. The molecule has 1 rings (SSSR count). The molecule has 0 aliphatic rings. The van der Waals surface area contributed by atoms with Crippen LogP contribution in [0.25, 0.3) is 0 Å². The minimum atomic E-state index is -0.684. The molecular formula is C13H22BrCl2N3O2. The van der Waals surface area contributed by atoms with Gasteiger partial charge in [-0.2, -0.15) is 0 Å². The first-order valence-corrected chi connectivity index (χ1v) is 6.84. The summed E-state index contributed by atoms with van der Waals surface area (Å²) in [7, 11) is 1.51. The minimum Gasteiger partial charge on any atom is -0.383 e. The average Bonchev–Trinajstić information content (AvgIpc) is 2.32. The molecule has 4 N–H and O–H groups in total. The van der Waals surface area contributed by atoms with E-state index in [4.69, 9.17) is 10.5 Å². The number of hydrogen-bond donors (Lipinski definition) is 3. The fourth-order valence-corrected chi connectivity index (χ4v) is 1.90. The van der Waals surface area contributed by atoms with Crippen LogP contribution in [0.3, 0.4) is 0 Å². The maximum atomic E-state index is 11.9. The summed E-state index contributed by atoms with van der Waals surface area (Å²) in [6.45, 7) is 4.25. The SMILES string of the molecule is COCC(N)C(=O)Nc1cc(Br)ccc1NC(C)C.Cl.Cl. The Balaban J connectivity index is 0. The summed E-state index contributed by atoms with van der Waals surface area (Å²) < 4.78 is 5.76. The van der Waals surface area contributed by atoms with Gasteiger partial charge in [0.05, 0.1) is 18.0 Å². The summed E-state index contributed by atoms with van der Waals surface area (Å²) in [5.74, 6) is -0.272. The van der Waals surface area contributed by atoms with E-state index in [0.29, 0.717) is 5.69 Å². The van der Waals surface area contributed by atoms with Crippen molar-refractivity contribution in [2.45, 2.75) is 25.9 Å². The standard InChI is InChI=1S/C13H20BrN3O2.2ClH/c1-8(2)16-11-5-4-9(14)6-12(11)17-13(18)10(15)7-19-3;;/h4-6,8,10,16H,7,15H2,1-3H3,(H,17,18);2*1H. The molecule has 0 aliphatic carbocycles. The van der Waals surface area contributed by atoms with E-state index in [1.54, 1.807) is 0 Å². The second kappa shape index (κ2) is 11.1. The molecule has 0 heterocycles. The van der Waals surface area contributed by atoms with Crippen LogP contribution in [-0.4, -0.2) is 31.7 Å². The molecule has 5 nitrogen and oxygen atoms in total. The Bertz CT molecular complexity index is 447. The number of ether oxygens (including phenoxy) is 1. The van der Waals surface area contributed by atoms with Crippen LogP contribution in [0.2, 0.25) is 0 Å². The van der Waals surface area contributed by atoms with E-state index < -0.39 is 6.04 Å². The lowest BCUT2D eigenvalue weighted by Gasteiger charge is -2.17. The van der Waals surface area contributed by atoms with E-state index >= 15 is 0 Å². The van der Waals surface area contributed by atoms with Gasteiger partial charge in [0, 0.05) is 17.6 Å². The van der Waals surface area contributed by atoms with Crippen molar-refractivity contribution in [3.63, 3.8) is 0 Å². The molecule has 1 aromatic carbocycles. The average molecular weight is 403 g/mol. The Morgan fingerprint density at radius 3 is 2.48 bits per heavy atom. The second-order valence-corrected chi connectivity index (χ2v) is 5.46. The molecule has 21 heavy (non-hydrogen) atoms. The van der Waals surface area contributed by atoms with Crippen molar-refractivity contribution < 1.29 is 9.53 Å². The molecule has 0 saturated carbocycles. The number of nitrogens with one attached hydrogen (secondary N) is 2. The van der Waals surface area contributed by atoms with E-state index in [2.05, 4.69) is 26.6 Å². The zero-order valence-corrected chi connectivity index (χ0v) is 15.4. The first-order valence-electron chi connectivity index (χ1n) is 6.05. The van der Waals surface area contributed by atoms with Crippen molar-refractivity contribution in [1.82, 2.24) is 0 Å². The van der Waals surface area contributed by atoms with Crippen LogP contribution in [0.4, 0.5) is 11.4 Å².